The van der Waals surface area contributed by atoms with E-state index < -0.39 is 0 Å². The van der Waals surface area contributed by atoms with E-state index in [1.165, 1.54) is 5.69 Å². The van der Waals surface area contributed by atoms with Crippen LogP contribution in [-0.4, -0.2) is 35.6 Å². The van der Waals surface area contributed by atoms with Gasteiger partial charge in [-0.1, -0.05) is 18.2 Å². The Morgan fingerprint density at radius 1 is 0.920 bits per heavy atom. The van der Waals surface area contributed by atoms with Gasteiger partial charge in [0.25, 0.3) is 0 Å². The lowest BCUT2D eigenvalue weighted by molar-refractivity contribution is 0.828. The monoisotopic (exact) mass is 333 g/mol. The molecule has 0 saturated carbocycles. The summed E-state index contributed by atoms with van der Waals surface area (Å²) in [6.45, 7) is 0.819. The van der Waals surface area contributed by atoms with Crippen LogP contribution in [0.25, 0.3) is 11.3 Å². The van der Waals surface area contributed by atoms with Crippen LogP contribution in [-0.2, 0) is 6.42 Å². The number of aromatic nitrogens is 3. The Hall–Kier alpha value is -2.95. The summed E-state index contributed by atoms with van der Waals surface area (Å²) >= 11 is 0. The van der Waals surface area contributed by atoms with Gasteiger partial charge in [-0.05, 0) is 43.2 Å². The topological polar surface area (TPSA) is 53.9 Å². The molecule has 0 bridgehead atoms. The molecule has 2 aromatic heterocycles. The summed E-state index contributed by atoms with van der Waals surface area (Å²) in [6, 6.07) is 16.3. The summed E-state index contributed by atoms with van der Waals surface area (Å²) in [5.41, 5.74) is 4.29. The molecular weight excluding hydrogens is 310 g/mol. The van der Waals surface area contributed by atoms with Crippen LogP contribution in [0, 0.1) is 0 Å². The van der Waals surface area contributed by atoms with Crippen molar-refractivity contribution in [2.45, 2.75) is 12.8 Å². The first-order valence-corrected chi connectivity index (χ1v) is 8.47. The fourth-order valence-electron chi connectivity index (χ4n) is 2.55. The van der Waals surface area contributed by atoms with Gasteiger partial charge in [-0.2, -0.15) is 0 Å². The first kappa shape index (κ1) is 16.9. The molecule has 5 nitrogen and oxygen atoms in total. The van der Waals surface area contributed by atoms with Crippen molar-refractivity contribution in [2.75, 3.05) is 30.9 Å². The summed E-state index contributed by atoms with van der Waals surface area (Å²) in [4.78, 5) is 15.3. The van der Waals surface area contributed by atoms with Crippen molar-refractivity contribution in [2.24, 2.45) is 0 Å². The smallest absolute Gasteiger partial charge is 0.223 e. The Balaban J connectivity index is 1.57. The predicted molar refractivity (Wildman–Crippen MR) is 103 cm³/mol. The van der Waals surface area contributed by atoms with E-state index in [0.717, 1.165) is 36.3 Å². The van der Waals surface area contributed by atoms with Crippen LogP contribution in [0.2, 0.25) is 0 Å². The summed E-state index contributed by atoms with van der Waals surface area (Å²) < 4.78 is 0. The molecule has 5 heteroatoms. The Morgan fingerprint density at radius 3 is 2.48 bits per heavy atom. The van der Waals surface area contributed by atoms with Crippen LogP contribution in [0.15, 0.2) is 60.9 Å². The number of hydrogen-bond acceptors (Lipinski definition) is 5. The standard InChI is InChI=1S/C20H23N5/c1-25(2)18-10-8-16(9-11-18)19-12-15-23-20(24-19)22-14-5-7-17-6-3-4-13-21-17/h3-4,6,8-13,15H,5,7,14H2,1-2H3,(H,22,23,24). The number of anilines is 2. The molecule has 25 heavy (non-hydrogen) atoms. The summed E-state index contributed by atoms with van der Waals surface area (Å²) in [6.07, 6.45) is 5.56. The molecule has 0 aliphatic carbocycles. The summed E-state index contributed by atoms with van der Waals surface area (Å²) in [5.74, 6) is 0.662. The molecule has 1 aromatic carbocycles. The molecule has 0 aliphatic heterocycles. The van der Waals surface area contributed by atoms with Gasteiger partial charge in [-0.3, -0.25) is 4.98 Å². The van der Waals surface area contributed by atoms with Crippen LogP contribution < -0.4 is 10.2 Å². The molecule has 0 radical (unpaired) electrons. The lowest BCUT2D eigenvalue weighted by atomic mass is 10.1. The van der Waals surface area contributed by atoms with Gasteiger partial charge in [0.1, 0.15) is 0 Å². The van der Waals surface area contributed by atoms with Crippen LogP contribution in [0.4, 0.5) is 11.6 Å². The quantitative estimate of drug-likeness (QED) is 0.669. The number of nitrogens with zero attached hydrogens (tertiary/aromatic N) is 4. The SMILES string of the molecule is CN(C)c1ccc(-c2ccnc(NCCCc3ccccn3)n2)cc1. The largest absolute Gasteiger partial charge is 0.378 e. The van der Waals surface area contributed by atoms with Crippen molar-refractivity contribution in [3.05, 3.63) is 66.6 Å². The molecule has 0 unspecified atom stereocenters. The zero-order valence-corrected chi connectivity index (χ0v) is 14.7. The highest BCUT2D eigenvalue weighted by atomic mass is 15.1. The van der Waals surface area contributed by atoms with Crippen molar-refractivity contribution < 1.29 is 0 Å². The molecule has 3 rings (SSSR count). The fraction of sp³-hybridized carbons (Fsp3) is 0.250. The molecule has 2 heterocycles. The van der Waals surface area contributed by atoms with Crippen molar-refractivity contribution in [3.63, 3.8) is 0 Å². The maximum atomic E-state index is 4.61. The average molecular weight is 333 g/mol. The van der Waals surface area contributed by atoms with Gasteiger partial charge in [0, 0.05) is 50.0 Å². The maximum absolute atomic E-state index is 4.61. The molecule has 1 N–H and O–H groups in total. The highest BCUT2D eigenvalue weighted by Gasteiger charge is 2.03. The minimum atomic E-state index is 0.662. The average Bonchev–Trinajstić information content (AvgIpc) is 2.66. The van der Waals surface area contributed by atoms with Crippen LogP contribution >= 0.6 is 0 Å². The molecule has 128 valence electrons. The molecule has 0 spiro atoms. The van der Waals surface area contributed by atoms with Crippen molar-refractivity contribution in [1.29, 1.82) is 0 Å². The zero-order valence-electron chi connectivity index (χ0n) is 14.7. The molecule has 3 aromatic rings. The van der Waals surface area contributed by atoms with Crippen LogP contribution in [0.1, 0.15) is 12.1 Å². The van der Waals surface area contributed by atoms with E-state index >= 15 is 0 Å². The van der Waals surface area contributed by atoms with Gasteiger partial charge in [-0.15, -0.1) is 0 Å². The van der Waals surface area contributed by atoms with E-state index in [-0.39, 0.29) is 0 Å². The third kappa shape index (κ3) is 4.76. The van der Waals surface area contributed by atoms with Crippen molar-refractivity contribution in [3.8, 4) is 11.3 Å². The number of pyridine rings is 1. The maximum Gasteiger partial charge on any atom is 0.223 e. The molecule has 0 atom stereocenters. The minimum absolute atomic E-state index is 0.662. The third-order valence-corrected chi connectivity index (χ3v) is 3.95. The highest BCUT2D eigenvalue weighted by Crippen LogP contribution is 2.21. The van der Waals surface area contributed by atoms with E-state index in [0.29, 0.717) is 5.95 Å². The fourth-order valence-corrected chi connectivity index (χ4v) is 2.55. The molecule has 0 saturated heterocycles. The lowest BCUT2D eigenvalue weighted by Crippen LogP contribution is -2.08. The Morgan fingerprint density at radius 2 is 1.76 bits per heavy atom. The lowest BCUT2D eigenvalue weighted by Gasteiger charge is -2.12. The first-order chi connectivity index (χ1) is 12.2. The number of hydrogen-bond donors (Lipinski definition) is 1. The number of nitrogens with one attached hydrogen (secondary N) is 1. The van der Waals surface area contributed by atoms with Gasteiger partial charge >= 0.3 is 0 Å². The van der Waals surface area contributed by atoms with Gasteiger partial charge in [0.15, 0.2) is 0 Å². The zero-order chi connectivity index (χ0) is 17.5. The molecule has 0 aliphatic rings. The van der Waals surface area contributed by atoms with Crippen LogP contribution in [0.5, 0.6) is 0 Å². The van der Waals surface area contributed by atoms with Crippen LogP contribution in [0.3, 0.4) is 0 Å². The molecule has 0 amide bonds. The van der Waals surface area contributed by atoms with E-state index in [4.69, 9.17) is 0 Å². The minimum Gasteiger partial charge on any atom is -0.378 e. The van der Waals surface area contributed by atoms with Crippen molar-refractivity contribution in [1.82, 2.24) is 15.0 Å². The molecular formula is C20H23N5. The second kappa shape index (κ2) is 8.24. The second-order valence-electron chi connectivity index (χ2n) is 6.06. The van der Waals surface area contributed by atoms with E-state index in [9.17, 15) is 0 Å². The summed E-state index contributed by atoms with van der Waals surface area (Å²) in [7, 11) is 4.07. The summed E-state index contributed by atoms with van der Waals surface area (Å²) in [5, 5.41) is 3.30. The van der Waals surface area contributed by atoms with Gasteiger partial charge < -0.3 is 10.2 Å². The second-order valence-corrected chi connectivity index (χ2v) is 6.06. The Bertz CT molecular complexity index is 785. The Labute approximate surface area is 148 Å². The van der Waals surface area contributed by atoms with E-state index in [1.54, 1.807) is 6.20 Å². The van der Waals surface area contributed by atoms with Gasteiger partial charge in [0.05, 0.1) is 5.69 Å². The first-order valence-electron chi connectivity index (χ1n) is 8.47. The Kier molecular flexibility index (Phi) is 5.57. The number of benzene rings is 1. The van der Waals surface area contributed by atoms with Crippen molar-refractivity contribution >= 4 is 11.6 Å². The third-order valence-electron chi connectivity index (χ3n) is 3.95. The molecule has 0 fully saturated rings. The highest BCUT2D eigenvalue weighted by molar-refractivity contribution is 5.63. The van der Waals surface area contributed by atoms with E-state index in [1.807, 2.05) is 38.5 Å². The van der Waals surface area contributed by atoms with Gasteiger partial charge in [0.2, 0.25) is 5.95 Å². The van der Waals surface area contributed by atoms with Gasteiger partial charge in [-0.25, -0.2) is 9.97 Å². The van der Waals surface area contributed by atoms with E-state index in [2.05, 4.69) is 55.5 Å². The number of aryl methyl sites for hydroxylation is 1. The normalized spacial score (nSPS) is 10.5. The number of rotatable bonds is 7. The predicted octanol–water partition coefficient (Wildman–Crippen LogP) is 3.65.